The molecule has 0 aromatic heterocycles. The van der Waals surface area contributed by atoms with E-state index in [-0.39, 0.29) is 11.6 Å². The second-order valence-electron chi connectivity index (χ2n) is 6.91. The van der Waals surface area contributed by atoms with Crippen molar-refractivity contribution in [3.8, 4) is 0 Å². The molecule has 3 fully saturated rings. The predicted octanol–water partition coefficient (Wildman–Crippen LogP) is 3.34. The molecule has 0 amide bonds. The van der Waals surface area contributed by atoms with Gasteiger partial charge in [0.1, 0.15) is 0 Å². The van der Waals surface area contributed by atoms with Gasteiger partial charge in [-0.3, -0.25) is 4.90 Å². The smallest absolute Gasteiger partial charge is 0.0726 e. The zero-order valence-electron chi connectivity index (χ0n) is 11.7. The van der Waals surface area contributed by atoms with E-state index in [0.717, 1.165) is 12.3 Å². The van der Waals surface area contributed by atoms with Crippen LogP contribution in [0.2, 0.25) is 0 Å². The monoisotopic (exact) mass is 251 g/mol. The number of hydrogen-bond acceptors (Lipinski definition) is 2. The van der Waals surface area contributed by atoms with Gasteiger partial charge in [0.25, 0.3) is 0 Å². The summed E-state index contributed by atoms with van der Waals surface area (Å²) < 4.78 is 0. The molecule has 2 saturated carbocycles. The molecule has 0 spiro atoms. The van der Waals surface area contributed by atoms with Crippen LogP contribution < -0.4 is 0 Å². The van der Waals surface area contributed by atoms with Gasteiger partial charge in [-0.1, -0.05) is 38.5 Å². The highest BCUT2D eigenvalue weighted by Crippen LogP contribution is 2.43. The van der Waals surface area contributed by atoms with Crippen molar-refractivity contribution in [2.75, 3.05) is 13.1 Å². The Kier molecular flexibility index (Phi) is 3.95. The molecule has 104 valence electrons. The Hall–Kier alpha value is -0.0800. The number of rotatable bonds is 4. The molecule has 0 bridgehead atoms. The molecule has 18 heavy (non-hydrogen) atoms. The van der Waals surface area contributed by atoms with Crippen molar-refractivity contribution in [3.05, 3.63) is 0 Å². The van der Waals surface area contributed by atoms with E-state index in [2.05, 4.69) is 4.90 Å². The van der Waals surface area contributed by atoms with Crippen molar-refractivity contribution >= 4 is 0 Å². The minimum absolute atomic E-state index is 0.0544. The quantitative estimate of drug-likeness (QED) is 0.828. The molecule has 0 aromatic carbocycles. The normalized spacial score (nSPS) is 31.2. The SMILES string of the molecule is OC(CC1CCCC1)C1(N2CCCC2)CCCC1. The summed E-state index contributed by atoms with van der Waals surface area (Å²) in [6.45, 7) is 2.48. The highest BCUT2D eigenvalue weighted by Gasteiger charge is 2.46. The molecule has 2 aliphatic carbocycles. The van der Waals surface area contributed by atoms with Crippen molar-refractivity contribution in [3.63, 3.8) is 0 Å². The minimum atomic E-state index is -0.0544. The number of hydrogen-bond donors (Lipinski definition) is 1. The fraction of sp³-hybridized carbons (Fsp3) is 1.00. The van der Waals surface area contributed by atoms with Crippen LogP contribution in [-0.2, 0) is 0 Å². The second-order valence-corrected chi connectivity index (χ2v) is 6.91. The molecule has 1 saturated heterocycles. The van der Waals surface area contributed by atoms with Crippen molar-refractivity contribution in [2.24, 2.45) is 5.92 Å². The van der Waals surface area contributed by atoms with E-state index in [1.165, 1.54) is 77.3 Å². The van der Waals surface area contributed by atoms with Gasteiger partial charge in [-0.2, -0.15) is 0 Å². The van der Waals surface area contributed by atoms with Gasteiger partial charge in [-0.05, 0) is 51.1 Å². The Morgan fingerprint density at radius 3 is 2.17 bits per heavy atom. The van der Waals surface area contributed by atoms with Crippen LogP contribution in [0.3, 0.4) is 0 Å². The molecule has 3 aliphatic rings. The van der Waals surface area contributed by atoms with Crippen molar-refractivity contribution in [2.45, 2.75) is 82.3 Å². The lowest BCUT2D eigenvalue weighted by molar-refractivity contribution is -0.0297. The lowest BCUT2D eigenvalue weighted by Crippen LogP contribution is -2.54. The number of aliphatic hydroxyl groups is 1. The summed E-state index contributed by atoms with van der Waals surface area (Å²) >= 11 is 0. The van der Waals surface area contributed by atoms with Crippen molar-refractivity contribution in [1.82, 2.24) is 4.90 Å². The van der Waals surface area contributed by atoms with Crippen LogP contribution in [0.4, 0.5) is 0 Å². The molecular formula is C16H29NO. The molecule has 3 rings (SSSR count). The maximum absolute atomic E-state index is 10.9. The topological polar surface area (TPSA) is 23.5 Å². The van der Waals surface area contributed by atoms with E-state index in [4.69, 9.17) is 0 Å². The summed E-state index contributed by atoms with van der Waals surface area (Å²) in [6.07, 6.45) is 14.4. The Balaban J connectivity index is 1.67. The summed E-state index contributed by atoms with van der Waals surface area (Å²) in [5, 5.41) is 10.9. The first-order valence-corrected chi connectivity index (χ1v) is 8.24. The third-order valence-electron chi connectivity index (χ3n) is 5.86. The van der Waals surface area contributed by atoms with E-state index >= 15 is 0 Å². The van der Waals surface area contributed by atoms with Gasteiger partial charge < -0.3 is 5.11 Å². The number of nitrogens with zero attached hydrogens (tertiary/aromatic N) is 1. The van der Waals surface area contributed by atoms with Crippen LogP contribution in [-0.4, -0.2) is 34.7 Å². The largest absolute Gasteiger partial charge is 0.391 e. The van der Waals surface area contributed by atoms with Gasteiger partial charge in [0.2, 0.25) is 0 Å². The van der Waals surface area contributed by atoms with Gasteiger partial charge in [0, 0.05) is 5.54 Å². The summed E-state index contributed by atoms with van der Waals surface area (Å²) in [6, 6.07) is 0. The average molecular weight is 251 g/mol. The summed E-state index contributed by atoms with van der Waals surface area (Å²) in [5.41, 5.74) is 0.180. The zero-order chi connectivity index (χ0) is 12.4. The van der Waals surface area contributed by atoms with E-state index in [0.29, 0.717) is 0 Å². The summed E-state index contributed by atoms with van der Waals surface area (Å²) in [5.74, 6) is 0.820. The Bertz CT molecular complexity index is 260. The third kappa shape index (κ3) is 2.34. The van der Waals surface area contributed by atoms with Crippen LogP contribution in [0.15, 0.2) is 0 Å². The van der Waals surface area contributed by atoms with Gasteiger partial charge >= 0.3 is 0 Å². The van der Waals surface area contributed by atoms with E-state index < -0.39 is 0 Å². The van der Waals surface area contributed by atoms with Gasteiger partial charge in [-0.15, -0.1) is 0 Å². The second kappa shape index (κ2) is 5.50. The first kappa shape index (κ1) is 12.9. The molecule has 0 radical (unpaired) electrons. The fourth-order valence-corrected chi connectivity index (χ4v) is 4.79. The van der Waals surface area contributed by atoms with Gasteiger partial charge in [0.15, 0.2) is 0 Å². The molecule has 1 unspecified atom stereocenters. The predicted molar refractivity (Wildman–Crippen MR) is 74.6 cm³/mol. The highest BCUT2D eigenvalue weighted by atomic mass is 16.3. The maximum atomic E-state index is 10.9. The lowest BCUT2D eigenvalue weighted by Gasteiger charge is -2.43. The summed E-state index contributed by atoms with van der Waals surface area (Å²) in [7, 11) is 0. The highest BCUT2D eigenvalue weighted by molar-refractivity contribution is 5.02. The van der Waals surface area contributed by atoms with Crippen molar-refractivity contribution in [1.29, 1.82) is 0 Å². The van der Waals surface area contributed by atoms with Crippen LogP contribution in [0, 0.1) is 5.92 Å². The number of aliphatic hydroxyl groups excluding tert-OH is 1. The van der Waals surface area contributed by atoms with E-state index in [9.17, 15) is 5.11 Å². The van der Waals surface area contributed by atoms with Crippen LogP contribution >= 0.6 is 0 Å². The van der Waals surface area contributed by atoms with E-state index in [1.54, 1.807) is 0 Å². The molecule has 1 aliphatic heterocycles. The van der Waals surface area contributed by atoms with Crippen molar-refractivity contribution < 1.29 is 5.11 Å². The van der Waals surface area contributed by atoms with Gasteiger partial charge in [-0.25, -0.2) is 0 Å². The maximum Gasteiger partial charge on any atom is 0.0726 e. The molecule has 1 N–H and O–H groups in total. The Morgan fingerprint density at radius 1 is 0.944 bits per heavy atom. The van der Waals surface area contributed by atoms with Crippen LogP contribution in [0.5, 0.6) is 0 Å². The van der Waals surface area contributed by atoms with Crippen LogP contribution in [0.1, 0.15) is 70.6 Å². The zero-order valence-corrected chi connectivity index (χ0v) is 11.7. The van der Waals surface area contributed by atoms with E-state index in [1.807, 2.05) is 0 Å². The molecule has 2 nitrogen and oxygen atoms in total. The lowest BCUT2D eigenvalue weighted by atomic mass is 9.83. The Morgan fingerprint density at radius 2 is 1.56 bits per heavy atom. The molecule has 1 heterocycles. The minimum Gasteiger partial charge on any atom is -0.391 e. The fourth-order valence-electron chi connectivity index (χ4n) is 4.79. The first-order chi connectivity index (χ1) is 8.81. The summed E-state index contributed by atoms with van der Waals surface area (Å²) in [4.78, 5) is 2.65. The molecule has 0 aromatic rings. The third-order valence-corrected chi connectivity index (χ3v) is 5.86. The molecular weight excluding hydrogens is 222 g/mol. The van der Waals surface area contributed by atoms with Crippen LogP contribution in [0.25, 0.3) is 0 Å². The number of likely N-dealkylation sites (tertiary alicyclic amines) is 1. The average Bonchev–Trinajstić information content (AvgIpc) is 3.12. The molecule has 1 atom stereocenters. The standard InChI is InChI=1S/C16H29NO/c18-15(13-14-7-1-2-8-14)16(9-3-4-10-16)17-11-5-6-12-17/h14-15,18H,1-13H2. The first-order valence-electron chi connectivity index (χ1n) is 8.24. The molecule has 2 heteroatoms. The van der Waals surface area contributed by atoms with Gasteiger partial charge in [0.05, 0.1) is 6.10 Å². The Labute approximate surface area is 112 Å².